The van der Waals surface area contributed by atoms with E-state index in [2.05, 4.69) is 5.32 Å². The molecule has 1 atom stereocenters. The molecule has 0 aromatic heterocycles. The Kier molecular flexibility index (Phi) is 8.99. The van der Waals surface area contributed by atoms with E-state index in [1.165, 1.54) is 6.08 Å². The highest BCUT2D eigenvalue weighted by atomic mass is 16.6. The van der Waals surface area contributed by atoms with Crippen molar-refractivity contribution in [1.82, 2.24) is 5.32 Å². The number of carbonyl (C=O) groups is 2. The van der Waals surface area contributed by atoms with Crippen LogP contribution in [-0.4, -0.2) is 51.0 Å². The smallest absolute Gasteiger partial charge is 0.344 e. The molecule has 8 heteroatoms. The maximum atomic E-state index is 12.3. The zero-order valence-corrected chi connectivity index (χ0v) is 16.7. The van der Waals surface area contributed by atoms with Crippen LogP contribution in [0.3, 0.4) is 0 Å². The third kappa shape index (κ3) is 7.12. The Balaban J connectivity index is 2.08. The molecule has 0 spiro atoms. The predicted octanol–water partition coefficient (Wildman–Crippen LogP) is 2.23. The van der Waals surface area contributed by atoms with E-state index in [-0.39, 0.29) is 24.9 Å². The molecule has 1 unspecified atom stereocenters. The number of carbonyl (C=O) groups excluding carboxylic acids is 2. The summed E-state index contributed by atoms with van der Waals surface area (Å²) in [5, 5.41) is 12.1. The van der Waals surface area contributed by atoms with Crippen molar-refractivity contribution >= 4 is 18.0 Å². The average Bonchev–Trinajstić information content (AvgIpc) is 3.23. The molecule has 0 saturated carbocycles. The molecule has 1 saturated heterocycles. The summed E-state index contributed by atoms with van der Waals surface area (Å²) in [6.45, 7) is 5.03. The first-order chi connectivity index (χ1) is 14.1. The lowest BCUT2D eigenvalue weighted by Crippen LogP contribution is -2.32. The van der Waals surface area contributed by atoms with Gasteiger partial charge in [-0.1, -0.05) is 6.07 Å². The number of amides is 1. The minimum absolute atomic E-state index is 0.000666. The fraction of sp³-hybridized carbons (Fsp3) is 0.476. The Bertz CT molecular complexity index is 778. The lowest BCUT2D eigenvalue weighted by atomic mass is 10.1. The van der Waals surface area contributed by atoms with Gasteiger partial charge < -0.3 is 24.3 Å². The van der Waals surface area contributed by atoms with Crippen molar-refractivity contribution in [2.45, 2.75) is 32.8 Å². The molecule has 1 fully saturated rings. The molecular weight excluding hydrogens is 376 g/mol. The number of hydrogen-bond acceptors (Lipinski definition) is 7. The molecule has 1 aliphatic heterocycles. The highest BCUT2D eigenvalue weighted by molar-refractivity contribution is 6.01. The maximum Gasteiger partial charge on any atom is 0.344 e. The van der Waals surface area contributed by atoms with Gasteiger partial charge in [0, 0.05) is 13.2 Å². The summed E-state index contributed by atoms with van der Waals surface area (Å²) >= 11 is 0. The van der Waals surface area contributed by atoms with Crippen molar-refractivity contribution < 1.29 is 28.5 Å². The summed E-state index contributed by atoms with van der Waals surface area (Å²) in [4.78, 5) is 23.8. The second kappa shape index (κ2) is 11.7. The Labute approximate surface area is 170 Å². The second-order valence-electron chi connectivity index (χ2n) is 6.25. The van der Waals surface area contributed by atoms with Crippen LogP contribution in [0.15, 0.2) is 23.8 Å². The molecule has 1 aromatic rings. The number of benzene rings is 1. The van der Waals surface area contributed by atoms with Crippen LogP contribution < -0.4 is 14.8 Å². The quantitative estimate of drug-likeness (QED) is 0.363. The van der Waals surface area contributed by atoms with Gasteiger partial charge in [-0.15, -0.1) is 0 Å². The molecule has 0 bridgehead atoms. The number of hydrogen-bond donors (Lipinski definition) is 1. The van der Waals surface area contributed by atoms with Crippen molar-refractivity contribution in [1.29, 1.82) is 5.26 Å². The molecule has 29 heavy (non-hydrogen) atoms. The topological polar surface area (TPSA) is 107 Å². The third-order valence-corrected chi connectivity index (χ3v) is 4.11. The molecule has 8 nitrogen and oxygen atoms in total. The van der Waals surface area contributed by atoms with Crippen LogP contribution in [0.1, 0.15) is 32.3 Å². The summed E-state index contributed by atoms with van der Waals surface area (Å²) < 4.78 is 21.3. The fourth-order valence-corrected chi connectivity index (χ4v) is 2.76. The third-order valence-electron chi connectivity index (χ3n) is 4.11. The van der Waals surface area contributed by atoms with Gasteiger partial charge in [-0.2, -0.15) is 5.26 Å². The van der Waals surface area contributed by atoms with Crippen molar-refractivity contribution in [3.8, 4) is 17.6 Å². The molecule has 1 N–H and O–H groups in total. The minimum atomic E-state index is -0.478. The van der Waals surface area contributed by atoms with Gasteiger partial charge in [-0.3, -0.25) is 4.79 Å². The van der Waals surface area contributed by atoms with E-state index in [9.17, 15) is 14.9 Å². The number of nitrogens with zero attached hydrogens (tertiary/aromatic N) is 1. The molecule has 1 aliphatic rings. The van der Waals surface area contributed by atoms with E-state index in [1.807, 2.05) is 13.0 Å². The lowest BCUT2D eigenvalue weighted by Gasteiger charge is -2.12. The fourth-order valence-electron chi connectivity index (χ4n) is 2.76. The van der Waals surface area contributed by atoms with Crippen LogP contribution in [0.4, 0.5) is 0 Å². The number of nitriles is 1. The van der Waals surface area contributed by atoms with Gasteiger partial charge in [0.25, 0.3) is 5.91 Å². The first-order valence-electron chi connectivity index (χ1n) is 9.64. The van der Waals surface area contributed by atoms with Gasteiger partial charge in [0.1, 0.15) is 11.6 Å². The van der Waals surface area contributed by atoms with Crippen LogP contribution >= 0.6 is 0 Å². The van der Waals surface area contributed by atoms with Crippen molar-refractivity contribution in [3.05, 3.63) is 29.3 Å². The first kappa shape index (κ1) is 22.2. The maximum absolute atomic E-state index is 12.3. The monoisotopic (exact) mass is 402 g/mol. The van der Waals surface area contributed by atoms with Gasteiger partial charge in [-0.25, -0.2) is 4.79 Å². The SMILES string of the molecule is CCOC(=O)COc1ccc(/C=C(\C#N)C(=O)NCC2CCCO2)cc1OCC. The Morgan fingerprint density at radius 2 is 2.10 bits per heavy atom. The van der Waals surface area contributed by atoms with E-state index in [4.69, 9.17) is 18.9 Å². The summed E-state index contributed by atoms with van der Waals surface area (Å²) in [6.07, 6.45) is 3.35. The molecule has 2 rings (SSSR count). The van der Waals surface area contributed by atoms with Gasteiger partial charge in [0.15, 0.2) is 18.1 Å². The van der Waals surface area contributed by atoms with Crippen molar-refractivity contribution in [3.63, 3.8) is 0 Å². The minimum Gasteiger partial charge on any atom is -0.490 e. The molecule has 1 heterocycles. The molecule has 156 valence electrons. The van der Waals surface area contributed by atoms with Crippen LogP contribution in [0.25, 0.3) is 6.08 Å². The lowest BCUT2D eigenvalue weighted by molar-refractivity contribution is -0.145. The van der Waals surface area contributed by atoms with E-state index in [0.29, 0.717) is 36.8 Å². The summed E-state index contributed by atoms with van der Waals surface area (Å²) in [7, 11) is 0. The Morgan fingerprint density at radius 3 is 2.76 bits per heavy atom. The van der Waals surface area contributed by atoms with Crippen molar-refractivity contribution in [2.24, 2.45) is 0 Å². The molecule has 1 aromatic carbocycles. The van der Waals surface area contributed by atoms with E-state index in [1.54, 1.807) is 25.1 Å². The second-order valence-corrected chi connectivity index (χ2v) is 6.25. The van der Waals surface area contributed by atoms with Gasteiger partial charge in [0.05, 0.1) is 19.3 Å². The van der Waals surface area contributed by atoms with E-state index < -0.39 is 11.9 Å². The van der Waals surface area contributed by atoms with Gasteiger partial charge in [0.2, 0.25) is 0 Å². The standard InChI is InChI=1S/C21H26N2O6/c1-3-26-19-11-15(7-8-18(19)29-14-20(24)27-4-2)10-16(12-22)21(25)23-13-17-6-5-9-28-17/h7-8,10-11,17H,3-6,9,13-14H2,1-2H3,(H,23,25)/b16-10+. The van der Waals surface area contributed by atoms with Gasteiger partial charge >= 0.3 is 5.97 Å². The van der Waals surface area contributed by atoms with E-state index >= 15 is 0 Å². The first-order valence-corrected chi connectivity index (χ1v) is 9.64. The molecular formula is C21H26N2O6. The molecule has 0 aliphatic carbocycles. The highest BCUT2D eigenvalue weighted by Gasteiger charge is 2.18. The Hall–Kier alpha value is -3.05. The number of nitrogens with one attached hydrogen (secondary N) is 1. The predicted molar refractivity (Wildman–Crippen MR) is 105 cm³/mol. The largest absolute Gasteiger partial charge is 0.490 e. The number of esters is 1. The normalized spacial score (nSPS) is 16.0. The van der Waals surface area contributed by atoms with Crippen LogP contribution in [0.2, 0.25) is 0 Å². The van der Waals surface area contributed by atoms with E-state index in [0.717, 1.165) is 12.8 Å². The Morgan fingerprint density at radius 1 is 1.28 bits per heavy atom. The van der Waals surface area contributed by atoms with Crippen LogP contribution in [0, 0.1) is 11.3 Å². The van der Waals surface area contributed by atoms with Crippen LogP contribution in [-0.2, 0) is 19.1 Å². The van der Waals surface area contributed by atoms with Gasteiger partial charge in [-0.05, 0) is 50.5 Å². The average molecular weight is 402 g/mol. The zero-order valence-electron chi connectivity index (χ0n) is 16.7. The van der Waals surface area contributed by atoms with Crippen molar-refractivity contribution in [2.75, 3.05) is 33.0 Å². The summed E-state index contributed by atoms with van der Waals surface area (Å²) in [6, 6.07) is 6.86. The summed E-state index contributed by atoms with van der Waals surface area (Å²) in [5.74, 6) is -0.154. The molecule has 1 amide bonds. The number of rotatable bonds is 10. The zero-order chi connectivity index (χ0) is 21.1. The highest BCUT2D eigenvalue weighted by Crippen LogP contribution is 2.29. The summed E-state index contributed by atoms with van der Waals surface area (Å²) in [5.41, 5.74) is 0.575. The van der Waals surface area contributed by atoms with Crippen LogP contribution in [0.5, 0.6) is 11.5 Å². The molecule has 0 radical (unpaired) electrons. The number of ether oxygens (including phenoxy) is 4.